The van der Waals surface area contributed by atoms with Gasteiger partial charge in [0.25, 0.3) is 0 Å². The monoisotopic (exact) mass is 354 g/mol. The molecule has 8 heteroatoms. The Morgan fingerprint density at radius 3 is 2.43 bits per heavy atom. The van der Waals surface area contributed by atoms with E-state index in [1.165, 1.54) is 17.4 Å². The Hall–Kier alpha value is -0.950. The highest BCUT2D eigenvalue weighted by Gasteiger charge is 2.31. The van der Waals surface area contributed by atoms with Gasteiger partial charge in [-0.2, -0.15) is 13.2 Å². The number of nitrogens with two attached hydrogens (primary N) is 1. The van der Waals surface area contributed by atoms with Crippen molar-refractivity contribution < 1.29 is 13.2 Å². The van der Waals surface area contributed by atoms with E-state index in [-0.39, 0.29) is 23.3 Å². The third kappa shape index (κ3) is 4.26. The van der Waals surface area contributed by atoms with E-state index in [0.717, 1.165) is 17.0 Å². The van der Waals surface area contributed by atoms with Gasteiger partial charge in [-0.15, -0.1) is 11.3 Å². The fourth-order valence-electron chi connectivity index (χ4n) is 1.80. The first-order valence-electron chi connectivity index (χ1n) is 5.89. The van der Waals surface area contributed by atoms with E-state index in [0.29, 0.717) is 4.34 Å². The Kier molecular flexibility index (Phi) is 5.03. The van der Waals surface area contributed by atoms with Crippen molar-refractivity contribution in [1.29, 1.82) is 0 Å². The van der Waals surface area contributed by atoms with Crippen LogP contribution < -0.4 is 11.1 Å². The number of anilines is 1. The SMILES string of the molecule is NCC(Nc1cc(Cl)cc(C(F)(F)F)c1)c1ccc(Cl)s1. The summed E-state index contributed by atoms with van der Waals surface area (Å²) < 4.78 is 38.9. The van der Waals surface area contributed by atoms with E-state index < -0.39 is 11.7 Å². The molecule has 3 N–H and O–H groups in total. The molecule has 1 aromatic heterocycles. The van der Waals surface area contributed by atoms with Crippen LogP contribution in [-0.4, -0.2) is 6.54 Å². The average Bonchev–Trinajstić information content (AvgIpc) is 2.81. The second kappa shape index (κ2) is 6.44. The van der Waals surface area contributed by atoms with Crippen molar-refractivity contribution in [3.05, 3.63) is 50.1 Å². The molecule has 0 bridgehead atoms. The summed E-state index contributed by atoms with van der Waals surface area (Å²) in [4.78, 5) is 0.844. The van der Waals surface area contributed by atoms with Gasteiger partial charge in [0.05, 0.1) is 15.9 Å². The van der Waals surface area contributed by atoms with Crippen molar-refractivity contribution in [1.82, 2.24) is 0 Å². The Balaban J connectivity index is 2.27. The van der Waals surface area contributed by atoms with Crippen LogP contribution in [0.3, 0.4) is 0 Å². The fourth-order valence-corrected chi connectivity index (χ4v) is 3.16. The molecule has 2 rings (SSSR count). The minimum absolute atomic E-state index is 0.00677. The van der Waals surface area contributed by atoms with Crippen molar-refractivity contribution in [2.24, 2.45) is 5.73 Å². The molecule has 0 radical (unpaired) electrons. The molecule has 1 heterocycles. The van der Waals surface area contributed by atoms with Crippen LogP contribution in [0.25, 0.3) is 0 Å². The highest BCUT2D eigenvalue weighted by atomic mass is 35.5. The summed E-state index contributed by atoms with van der Waals surface area (Å²) in [5.41, 5.74) is 5.12. The first kappa shape index (κ1) is 16.4. The smallest absolute Gasteiger partial charge is 0.376 e. The van der Waals surface area contributed by atoms with E-state index in [4.69, 9.17) is 28.9 Å². The molecule has 1 unspecified atom stereocenters. The Morgan fingerprint density at radius 2 is 1.90 bits per heavy atom. The van der Waals surface area contributed by atoms with Gasteiger partial charge in [0.1, 0.15) is 0 Å². The molecule has 0 aliphatic heterocycles. The van der Waals surface area contributed by atoms with Crippen molar-refractivity contribution >= 4 is 40.2 Å². The Morgan fingerprint density at radius 1 is 1.19 bits per heavy atom. The number of nitrogens with one attached hydrogen (secondary N) is 1. The van der Waals surface area contributed by atoms with Crippen molar-refractivity contribution in [2.45, 2.75) is 12.2 Å². The molecule has 0 spiro atoms. The predicted octanol–water partition coefficient (Wildman–Crippen LogP) is 5.19. The van der Waals surface area contributed by atoms with Gasteiger partial charge in [-0.05, 0) is 30.3 Å². The number of halogens is 5. The van der Waals surface area contributed by atoms with Crippen LogP contribution >= 0.6 is 34.5 Å². The summed E-state index contributed by atoms with van der Waals surface area (Å²) in [6.07, 6.45) is -4.45. The van der Waals surface area contributed by atoms with E-state index in [2.05, 4.69) is 5.32 Å². The highest BCUT2D eigenvalue weighted by molar-refractivity contribution is 7.16. The van der Waals surface area contributed by atoms with Gasteiger partial charge in [-0.1, -0.05) is 23.2 Å². The first-order chi connectivity index (χ1) is 9.79. The molecule has 0 fully saturated rings. The molecule has 0 aliphatic carbocycles. The van der Waals surface area contributed by atoms with E-state index in [9.17, 15) is 13.2 Å². The summed E-state index contributed by atoms with van der Waals surface area (Å²) >= 11 is 12.9. The van der Waals surface area contributed by atoms with Gasteiger partial charge < -0.3 is 11.1 Å². The summed E-state index contributed by atoms with van der Waals surface area (Å²) in [5, 5.41) is 2.96. The fraction of sp³-hybridized carbons (Fsp3) is 0.231. The lowest BCUT2D eigenvalue weighted by Gasteiger charge is -2.18. The third-order valence-corrected chi connectivity index (χ3v) is 4.30. The zero-order chi connectivity index (χ0) is 15.6. The van der Waals surface area contributed by atoms with Gasteiger partial charge in [-0.3, -0.25) is 0 Å². The van der Waals surface area contributed by atoms with Gasteiger partial charge in [0.2, 0.25) is 0 Å². The lowest BCUT2D eigenvalue weighted by molar-refractivity contribution is -0.137. The van der Waals surface area contributed by atoms with Crippen LogP contribution in [0, 0.1) is 0 Å². The van der Waals surface area contributed by atoms with Crippen molar-refractivity contribution in [3.63, 3.8) is 0 Å². The molecule has 21 heavy (non-hydrogen) atoms. The number of hydrogen-bond acceptors (Lipinski definition) is 3. The summed E-state index contributed by atoms with van der Waals surface area (Å²) in [6, 6.07) is 6.48. The van der Waals surface area contributed by atoms with Crippen LogP contribution in [0.1, 0.15) is 16.5 Å². The van der Waals surface area contributed by atoms with Gasteiger partial charge in [0.15, 0.2) is 0 Å². The Labute approximate surface area is 133 Å². The van der Waals surface area contributed by atoms with Crippen LogP contribution in [-0.2, 0) is 6.18 Å². The molecular formula is C13H11Cl2F3N2S. The second-order valence-electron chi connectivity index (χ2n) is 4.30. The maximum atomic E-state index is 12.8. The van der Waals surface area contributed by atoms with Crippen molar-refractivity contribution in [2.75, 3.05) is 11.9 Å². The molecule has 0 aliphatic rings. The molecule has 0 saturated carbocycles. The summed E-state index contributed by atoms with van der Waals surface area (Å²) in [5.74, 6) is 0. The number of rotatable bonds is 4. The molecule has 0 amide bonds. The van der Waals surface area contributed by atoms with Gasteiger partial charge in [-0.25, -0.2) is 0 Å². The molecule has 1 atom stereocenters. The standard InChI is InChI=1S/C13H11Cl2F3N2S/c14-8-3-7(13(16,17)18)4-9(5-8)20-10(6-19)11-1-2-12(15)21-11/h1-5,10,20H,6,19H2. The molecule has 0 saturated heterocycles. The van der Waals surface area contributed by atoms with E-state index in [1.807, 2.05) is 0 Å². The lowest BCUT2D eigenvalue weighted by atomic mass is 10.1. The number of alkyl halides is 3. The predicted molar refractivity (Wildman–Crippen MR) is 81.2 cm³/mol. The molecule has 2 aromatic rings. The maximum Gasteiger partial charge on any atom is 0.416 e. The van der Waals surface area contributed by atoms with Crippen LogP contribution in [0.4, 0.5) is 18.9 Å². The minimum atomic E-state index is -4.45. The van der Waals surface area contributed by atoms with Crippen LogP contribution in [0.2, 0.25) is 9.36 Å². The van der Waals surface area contributed by atoms with Crippen LogP contribution in [0.5, 0.6) is 0 Å². The van der Waals surface area contributed by atoms with E-state index in [1.54, 1.807) is 12.1 Å². The second-order valence-corrected chi connectivity index (χ2v) is 6.48. The zero-order valence-electron chi connectivity index (χ0n) is 10.5. The van der Waals surface area contributed by atoms with E-state index >= 15 is 0 Å². The molecule has 114 valence electrons. The molecular weight excluding hydrogens is 344 g/mol. The third-order valence-electron chi connectivity index (χ3n) is 2.74. The number of benzene rings is 1. The van der Waals surface area contributed by atoms with Gasteiger partial charge >= 0.3 is 6.18 Å². The average molecular weight is 355 g/mol. The largest absolute Gasteiger partial charge is 0.416 e. The molecule has 2 nitrogen and oxygen atoms in total. The summed E-state index contributed by atoms with van der Waals surface area (Å²) in [6.45, 7) is 0.213. The highest BCUT2D eigenvalue weighted by Crippen LogP contribution is 2.35. The quantitative estimate of drug-likeness (QED) is 0.793. The van der Waals surface area contributed by atoms with Crippen molar-refractivity contribution in [3.8, 4) is 0 Å². The normalized spacial score (nSPS) is 13.2. The topological polar surface area (TPSA) is 38.0 Å². The summed E-state index contributed by atoms with van der Waals surface area (Å²) in [7, 11) is 0. The van der Waals surface area contributed by atoms with Gasteiger partial charge in [0, 0.05) is 22.1 Å². The first-order valence-corrected chi connectivity index (χ1v) is 7.46. The zero-order valence-corrected chi connectivity index (χ0v) is 12.9. The van der Waals surface area contributed by atoms with Crippen LogP contribution in [0.15, 0.2) is 30.3 Å². The molecule has 1 aromatic carbocycles. The number of thiophene rings is 1. The minimum Gasteiger partial charge on any atom is -0.376 e. The Bertz CT molecular complexity index is 628. The number of hydrogen-bond donors (Lipinski definition) is 2. The lowest BCUT2D eigenvalue weighted by Crippen LogP contribution is -2.20. The maximum absolute atomic E-state index is 12.8.